The second kappa shape index (κ2) is 44.5. The van der Waals surface area contributed by atoms with Crippen molar-refractivity contribution in [1.82, 2.24) is 69.4 Å². The van der Waals surface area contributed by atoms with Gasteiger partial charge in [0.05, 0.1) is 25.7 Å². The van der Waals surface area contributed by atoms with Crippen molar-refractivity contribution in [2.45, 2.75) is 160 Å². The maximum atomic E-state index is 12.9. The minimum Gasteiger partial charge on any atom is -0.484 e. The Hall–Kier alpha value is -10.4. The average Bonchev–Trinajstić information content (AvgIpc) is 1.74. The molecule has 0 bridgehead atoms. The Morgan fingerprint density at radius 1 is 0.477 bits per heavy atom. The number of para-hydroxylation sites is 2. The summed E-state index contributed by atoms with van der Waals surface area (Å²) in [6.07, 6.45) is 9.23. The van der Waals surface area contributed by atoms with Crippen molar-refractivity contribution >= 4 is 67.3 Å². The number of rotatable bonds is 30. The van der Waals surface area contributed by atoms with Crippen LogP contribution in [-0.2, 0) is 45.2 Å². The Morgan fingerprint density at radius 2 is 0.869 bits per heavy atom. The van der Waals surface area contributed by atoms with Gasteiger partial charge in [-0.15, -0.1) is 0 Å². The van der Waals surface area contributed by atoms with Crippen molar-refractivity contribution in [3.8, 4) is 34.3 Å². The molecule has 25 heteroatoms. The Balaban J connectivity index is 0.000000208. The van der Waals surface area contributed by atoms with E-state index in [0.29, 0.717) is 124 Å². The monoisotopic (exact) mass is 1480 g/mol. The van der Waals surface area contributed by atoms with Crippen LogP contribution >= 0.6 is 11.3 Å². The highest BCUT2D eigenvalue weighted by atomic mass is 32.1. The second-order valence-electron chi connectivity index (χ2n) is 25.7. The quantitative estimate of drug-likeness (QED) is 0.0153. The Kier molecular flexibility index (Phi) is 34.9. The fraction of sp³-hybridized carbons (Fsp3) is 0.390. The summed E-state index contributed by atoms with van der Waals surface area (Å²) in [5, 5.41) is 18.6. The van der Waals surface area contributed by atoms with Gasteiger partial charge in [-0.3, -0.25) is 48.1 Å². The van der Waals surface area contributed by atoms with Crippen LogP contribution in [0.3, 0.4) is 0 Å². The summed E-state index contributed by atoms with van der Waals surface area (Å²) in [5.74, 6) is 1.59. The van der Waals surface area contributed by atoms with Gasteiger partial charge in [0.25, 0.3) is 22.9 Å². The van der Waals surface area contributed by atoms with E-state index in [0.717, 1.165) is 36.8 Å². The highest BCUT2D eigenvalue weighted by Crippen LogP contribution is 2.24. The zero-order valence-electron chi connectivity index (χ0n) is 64.1. The molecule has 572 valence electrons. The molecule has 0 aliphatic carbocycles. The number of aromatic nitrogens is 10. The number of nitrogens with zero attached hydrogens (tertiary/aromatic N) is 6. The number of nitrogens with one attached hydrogen (secondary N) is 8. The maximum Gasteiger partial charge on any atom is 0.332 e. The number of amides is 2. The molecule has 12 aromatic rings. The molecule has 0 saturated carbocycles. The lowest BCUT2D eigenvalue weighted by molar-refractivity contribution is -0.123. The average molecular weight is 1480 g/mol. The molecule has 7 heterocycles. The van der Waals surface area contributed by atoms with Crippen LogP contribution in [0.5, 0.6) is 11.5 Å². The predicted octanol–water partition coefficient (Wildman–Crippen LogP) is 13.5. The zero-order valence-corrected chi connectivity index (χ0v) is 64.9. The second-order valence-corrected chi connectivity index (χ2v) is 26.5. The maximum absolute atomic E-state index is 12.9. The number of H-pyrrole nitrogens is 4. The molecule has 2 atom stereocenters. The Bertz CT molecular complexity index is 4610. The summed E-state index contributed by atoms with van der Waals surface area (Å²) in [6.45, 7) is 28.8. The first-order valence-corrected chi connectivity index (χ1v) is 37.9. The number of benzene rings is 5. The molecule has 0 saturated heterocycles. The molecule has 0 unspecified atom stereocenters. The number of ether oxygens (including phenoxy) is 4. The smallest absolute Gasteiger partial charge is 0.332 e. The van der Waals surface area contributed by atoms with Crippen molar-refractivity contribution < 1.29 is 28.5 Å². The third-order valence-corrected chi connectivity index (χ3v) is 17.8. The Labute approximate surface area is 629 Å². The highest BCUT2D eigenvalue weighted by molar-refractivity contribution is 7.07. The summed E-state index contributed by atoms with van der Waals surface area (Å²) in [5.41, 5.74) is 9.17. The molecule has 107 heavy (non-hydrogen) atoms. The fourth-order valence-corrected chi connectivity index (χ4v) is 11.4. The van der Waals surface area contributed by atoms with Gasteiger partial charge in [-0.2, -0.15) is 11.3 Å². The van der Waals surface area contributed by atoms with Gasteiger partial charge in [0.2, 0.25) is 0 Å². The van der Waals surface area contributed by atoms with Crippen LogP contribution in [0.1, 0.15) is 116 Å². The van der Waals surface area contributed by atoms with E-state index in [1.54, 1.807) is 69.0 Å². The number of aromatic amines is 4. The van der Waals surface area contributed by atoms with E-state index >= 15 is 0 Å². The van der Waals surface area contributed by atoms with Crippen LogP contribution in [0.25, 0.3) is 66.9 Å². The van der Waals surface area contributed by atoms with E-state index in [-0.39, 0.29) is 59.7 Å². The number of fused-ring (bicyclic) bond motifs is 4. The molecule has 0 radical (unpaired) electrons. The molecule has 12 rings (SSSR count). The number of imidazole rings is 2. The number of aryl methyl sites for hydroxylation is 6. The molecule has 0 aliphatic heterocycles. The molecule has 0 fully saturated rings. The highest BCUT2D eigenvalue weighted by Gasteiger charge is 2.20. The summed E-state index contributed by atoms with van der Waals surface area (Å²) in [4.78, 5) is 97.4. The van der Waals surface area contributed by atoms with Gasteiger partial charge in [-0.25, -0.2) is 19.6 Å². The topological polar surface area (TPSA) is 296 Å². The van der Waals surface area contributed by atoms with Gasteiger partial charge in [0, 0.05) is 97.7 Å². The predicted molar refractivity (Wildman–Crippen MR) is 432 cm³/mol. The van der Waals surface area contributed by atoms with Crippen LogP contribution in [0.2, 0.25) is 0 Å². The van der Waals surface area contributed by atoms with E-state index in [1.807, 2.05) is 84.3 Å². The fourth-order valence-electron chi connectivity index (χ4n) is 10.8. The Morgan fingerprint density at radius 3 is 1.21 bits per heavy atom. The number of carbonyl (C=O) groups excluding carboxylic acids is 2. The van der Waals surface area contributed by atoms with E-state index in [4.69, 9.17) is 18.9 Å². The normalized spacial score (nSPS) is 11.4. The molecule has 0 aliphatic rings. The lowest BCUT2D eigenvalue weighted by atomic mass is 10.2. The van der Waals surface area contributed by atoms with Crippen molar-refractivity contribution in [1.29, 1.82) is 0 Å². The van der Waals surface area contributed by atoms with Crippen LogP contribution in [0, 0.1) is 27.7 Å². The van der Waals surface area contributed by atoms with Crippen LogP contribution in [0.4, 0.5) is 0 Å². The van der Waals surface area contributed by atoms with Crippen molar-refractivity contribution in [2.75, 3.05) is 52.9 Å². The van der Waals surface area contributed by atoms with Gasteiger partial charge >= 0.3 is 11.4 Å². The van der Waals surface area contributed by atoms with Gasteiger partial charge < -0.3 is 49.5 Å². The summed E-state index contributed by atoms with van der Waals surface area (Å²) < 4.78 is 27.8. The van der Waals surface area contributed by atoms with E-state index in [1.165, 1.54) is 53.2 Å². The molecule has 0 spiro atoms. The van der Waals surface area contributed by atoms with E-state index < -0.39 is 0 Å². The third-order valence-electron chi connectivity index (χ3n) is 17.0. The van der Waals surface area contributed by atoms with Gasteiger partial charge in [0.15, 0.2) is 24.5 Å². The van der Waals surface area contributed by atoms with Gasteiger partial charge in [0.1, 0.15) is 34.2 Å². The molecular formula is C82H108N14O10S. The first-order chi connectivity index (χ1) is 51.8. The van der Waals surface area contributed by atoms with Crippen LogP contribution in [0.15, 0.2) is 176 Å². The van der Waals surface area contributed by atoms with Gasteiger partial charge in [-0.1, -0.05) is 114 Å². The molecule has 2 amide bonds. The molecule has 24 nitrogen and oxygen atoms in total. The zero-order chi connectivity index (χ0) is 77.0. The third kappa shape index (κ3) is 25.7. The standard InChI is InChI=1S/2C26H38N6O5.2C9H9N.C7H8.C5H6S/c2*1-5-14-31-24-22(25(34)32(15-6-2)26(31)35)29-23(30-24)19-8-10-20(11-9-19)36-16-21(33)28-13-12-27-17-37-18(4)7-3;2*1-7-6-10-9-5-3-2-4-8(7)9;1-7-5-3-2-4-6-7;1-5-2-3-6-4-5/h2*8-11,18,27H,5-7,12-17H2,1-4H3,(H,28,33)(H,29,30);2*2-6,10H,1H3;2-6H,1H3;2-4H,1H3/t2*18-;;;;/m10..../s1. The molecular weight excluding hydrogens is 1370 g/mol. The number of hydrogen-bond donors (Lipinski definition) is 8. The van der Waals surface area contributed by atoms with Crippen LogP contribution in [-0.4, -0.2) is 125 Å². The van der Waals surface area contributed by atoms with Crippen LogP contribution < -0.4 is 53.2 Å². The lowest BCUT2D eigenvalue weighted by Crippen LogP contribution is -2.40. The molecule has 5 aromatic carbocycles. The molecule has 8 N–H and O–H groups in total. The van der Waals surface area contributed by atoms with Crippen molar-refractivity contribution in [3.63, 3.8) is 0 Å². The van der Waals surface area contributed by atoms with Crippen molar-refractivity contribution in [3.05, 3.63) is 221 Å². The number of thiophene rings is 1. The SMILES string of the molecule is CCCn1c(=O)c2[nH]c(-c3ccc(OCC(=O)NCCNCO[C@@H](C)CC)cc3)nc2n(CCC)c1=O.CCCn1c(=O)c2[nH]c(-c3ccc(OCC(=O)NCCNCO[C@H](C)CC)cc3)nc2n(CCC)c1=O.Cc1c[nH]c2ccccc12.Cc1c[nH]c2ccccc12.Cc1ccccc1.Cc1ccsc1. The molecule has 7 aromatic heterocycles. The summed E-state index contributed by atoms with van der Waals surface area (Å²) in [6, 6.07) is 43.1. The minimum atomic E-state index is -0.364. The van der Waals surface area contributed by atoms with Crippen molar-refractivity contribution in [2.24, 2.45) is 0 Å². The van der Waals surface area contributed by atoms with E-state index in [9.17, 15) is 28.8 Å². The first kappa shape index (κ1) is 83.8. The minimum absolute atomic E-state index is 0.104. The number of carbonyl (C=O) groups is 2. The lowest BCUT2D eigenvalue weighted by Gasteiger charge is -2.12. The number of hydrogen-bond acceptors (Lipinski definition) is 15. The van der Waals surface area contributed by atoms with Gasteiger partial charge in [-0.05, 0) is 174 Å². The van der Waals surface area contributed by atoms with E-state index in [2.05, 4.69) is 158 Å². The summed E-state index contributed by atoms with van der Waals surface area (Å²) in [7, 11) is 0. The largest absolute Gasteiger partial charge is 0.484 e. The summed E-state index contributed by atoms with van der Waals surface area (Å²) >= 11 is 1.74. The first-order valence-electron chi connectivity index (χ1n) is 37.0.